The van der Waals surface area contributed by atoms with E-state index in [1.807, 2.05) is 12.1 Å². The zero-order valence-electron chi connectivity index (χ0n) is 7.64. The first-order valence-corrected chi connectivity index (χ1v) is 5.04. The van der Waals surface area contributed by atoms with Crippen molar-refractivity contribution < 1.29 is 5.11 Å². The SMILES string of the molecule is OCc1n[nH]c(=S)n1-c1cccc(Cl)c1. The largest absolute Gasteiger partial charge is 0.388 e. The molecule has 1 aromatic carbocycles. The molecule has 6 heteroatoms. The van der Waals surface area contributed by atoms with Crippen molar-refractivity contribution in [1.29, 1.82) is 0 Å². The Kier molecular flexibility index (Phi) is 2.86. The van der Waals surface area contributed by atoms with Crippen LogP contribution < -0.4 is 0 Å². The lowest BCUT2D eigenvalue weighted by molar-refractivity contribution is 0.269. The highest BCUT2D eigenvalue weighted by Crippen LogP contribution is 2.16. The summed E-state index contributed by atoms with van der Waals surface area (Å²) >= 11 is 10.9. The second-order valence-electron chi connectivity index (χ2n) is 2.92. The van der Waals surface area contributed by atoms with Gasteiger partial charge in [0.05, 0.1) is 5.69 Å². The molecule has 2 N–H and O–H groups in total. The van der Waals surface area contributed by atoms with Crippen LogP contribution in [0.15, 0.2) is 24.3 Å². The molecule has 78 valence electrons. The van der Waals surface area contributed by atoms with E-state index in [0.29, 0.717) is 15.6 Å². The van der Waals surface area contributed by atoms with Gasteiger partial charge >= 0.3 is 0 Å². The van der Waals surface area contributed by atoms with Crippen molar-refractivity contribution >= 4 is 23.8 Å². The van der Waals surface area contributed by atoms with Crippen molar-refractivity contribution in [3.63, 3.8) is 0 Å². The van der Waals surface area contributed by atoms with Crippen molar-refractivity contribution in [3.8, 4) is 5.69 Å². The maximum absolute atomic E-state index is 9.08. The average molecular weight is 242 g/mol. The summed E-state index contributed by atoms with van der Waals surface area (Å²) < 4.78 is 2.07. The van der Waals surface area contributed by atoms with E-state index in [0.717, 1.165) is 5.69 Å². The fourth-order valence-corrected chi connectivity index (χ4v) is 1.76. The van der Waals surface area contributed by atoms with Gasteiger partial charge in [-0.1, -0.05) is 17.7 Å². The summed E-state index contributed by atoms with van der Waals surface area (Å²) in [6.45, 7) is -0.181. The molecule has 2 aromatic rings. The zero-order valence-corrected chi connectivity index (χ0v) is 9.22. The van der Waals surface area contributed by atoms with Crippen molar-refractivity contribution in [2.75, 3.05) is 0 Å². The average Bonchev–Trinajstić information content (AvgIpc) is 2.59. The van der Waals surface area contributed by atoms with E-state index in [1.54, 1.807) is 16.7 Å². The van der Waals surface area contributed by atoms with Crippen LogP contribution in [-0.2, 0) is 6.61 Å². The van der Waals surface area contributed by atoms with Crippen LogP contribution >= 0.6 is 23.8 Å². The minimum atomic E-state index is -0.181. The summed E-state index contributed by atoms with van der Waals surface area (Å²) in [7, 11) is 0. The predicted molar refractivity (Wildman–Crippen MR) is 59.7 cm³/mol. The third kappa shape index (κ3) is 1.94. The summed E-state index contributed by atoms with van der Waals surface area (Å²) in [5, 5.41) is 16.2. The number of hydrogen-bond donors (Lipinski definition) is 2. The molecule has 2 rings (SSSR count). The lowest BCUT2D eigenvalue weighted by atomic mass is 10.3. The number of H-pyrrole nitrogens is 1. The van der Waals surface area contributed by atoms with E-state index in [9.17, 15) is 0 Å². The summed E-state index contributed by atoms with van der Waals surface area (Å²) in [5.74, 6) is 0.460. The molecule has 1 heterocycles. The second-order valence-corrected chi connectivity index (χ2v) is 3.74. The number of nitrogens with one attached hydrogen (secondary N) is 1. The van der Waals surface area contributed by atoms with Gasteiger partial charge in [0.2, 0.25) is 0 Å². The Morgan fingerprint density at radius 3 is 3.00 bits per heavy atom. The van der Waals surface area contributed by atoms with Crippen LogP contribution in [0.25, 0.3) is 5.69 Å². The highest BCUT2D eigenvalue weighted by molar-refractivity contribution is 7.71. The number of benzene rings is 1. The van der Waals surface area contributed by atoms with Gasteiger partial charge in [-0.2, -0.15) is 5.10 Å². The van der Waals surface area contributed by atoms with Crippen LogP contribution in [0, 0.1) is 4.77 Å². The Bertz CT molecular complexity index is 534. The third-order valence-electron chi connectivity index (χ3n) is 1.95. The Morgan fingerprint density at radius 2 is 2.33 bits per heavy atom. The van der Waals surface area contributed by atoms with Crippen LogP contribution in [0.1, 0.15) is 5.82 Å². The molecule has 0 fully saturated rings. The highest BCUT2D eigenvalue weighted by atomic mass is 35.5. The predicted octanol–water partition coefficient (Wildman–Crippen LogP) is 2.08. The van der Waals surface area contributed by atoms with E-state index in [4.69, 9.17) is 28.9 Å². The van der Waals surface area contributed by atoms with Crippen molar-refractivity contribution in [3.05, 3.63) is 39.9 Å². The maximum Gasteiger partial charge on any atom is 0.199 e. The number of hydrogen-bond acceptors (Lipinski definition) is 3. The quantitative estimate of drug-likeness (QED) is 0.792. The van der Waals surface area contributed by atoms with Gasteiger partial charge in [-0.3, -0.25) is 9.67 Å². The summed E-state index contributed by atoms with van der Waals surface area (Å²) in [6, 6.07) is 7.18. The molecule has 0 amide bonds. The maximum atomic E-state index is 9.08. The zero-order chi connectivity index (χ0) is 10.8. The van der Waals surface area contributed by atoms with E-state index >= 15 is 0 Å². The van der Waals surface area contributed by atoms with E-state index < -0.39 is 0 Å². The first-order valence-electron chi connectivity index (χ1n) is 4.25. The number of aromatic nitrogens is 3. The fourth-order valence-electron chi connectivity index (χ4n) is 1.32. The van der Waals surface area contributed by atoms with E-state index in [1.165, 1.54) is 0 Å². The summed E-state index contributed by atoms with van der Waals surface area (Å²) in [5.41, 5.74) is 0.783. The van der Waals surface area contributed by atoms with Gasteiger partial charge in [-0.05, 0) is 30.4 Å². The third-order valence-corrected chi connectivity index (χ3v) is 2.46. The molecule has 0 bridgehead atoms. The molecule has 0 aliphatic heterocycles. The van der Waals surface area contributed by atoms with Gasteiger partial charge in [-0.25, -0.2) is 0 Å². The van der Waals surface area contributed by atoms with E-state index in [2.05, 4.69) is 10.2 Å². The second kappa shape index (κ2) is 4.14. The van der Waals surface area contributed by atoms with Crippen LogP contribution in [0.3, 0.4) is 0 Å². The molecule has 4 nitrogen and oxygen atoms in total. The van der Waals surface area contributed by atoms with Gasteiger partial charge in [-0.15, -0.1) is 0 Å². The number of nitrogens with zero attached hydrogens (tertiary/aromatic N) is 2. The number of halogens is 1. The highest BCUT2D eigenvalue weighted by Gasteiger charge is 2.06. The summed E-state index contributed by atoms with van der Waals surface area (Å²) in [4.78, 5) is 0. The number of rotatable bonds is 2. The number of aromatic amines is 1. The number of aliphatic hydroxyl groups is 1. The van der Waals surface area contributed by atoms with Crippen LogP contribution in [-0.4, -0.2) is 19.9 Å². The molecular weight excluding hydrogens is 234 g/mol. The van der Waals surface area contributed by atoms with Gasteiger partial charge in [0.25, 0.3) is 0 Å². The molecule has 0 saturated heterocycles. The standard InChI is InChI=1S/C9H8ClN3OS/c10-6-2-1-3-7(4-6)13-8(5-14)11-12-9(13)15/h1-4,14H,5H2,(H,12,15). The molecule has 1 aromatic heterocycles. The molecule has 0 atom stereocenters. The lowest BCUT2D eigenvalue weighted by Gasteiger charge is -2.04. The minimum absolute atomic E-state index is 0.181. The first kappa shape index (κ1) is 10.4. The first-order chi connectivity index (χ1) is 7.22. The Morgan fingerprint density at radius 1 is 1.53 bits per heavy atom. The van der Waals surface area contributed by atoms with Crippen molar-refractivity contribution in [1.82, 2.24) is 14.8 Å². The normalized spacial score (nSPS) is 10.5. The van der Waals surface area contributed by atoms with Crippen LogP contribution in [0.4, 0.5) is 0 Å². The van der Waals surface area contributed by atoms with Crippen LogP contribution in [0.5, 0.6) is 0 Å². The Balaban J connectivity index is 2.62. The molecule has 0 unspecified atom stereocenters. The van der Waals surface area contributed by atoms with Crippen molar-refractivity contribution in [2.24, 2.45) is 0 Å². The fraction of sp³-hybridized carbons (Fsp3) is 0.111. The van der Waals surface area contributed by atoms with Gasteiger partial charge in [0, 0.05) is 5.02 Å². The van der Waals surface area contributed by atoms with Gasteiger partial charge in [0.1, 0.15) is 6.61 Å². The molecule has 0 spiro atoms. The molecular formula is C9H8ClN3OS. The molecule has 0 radical (unpaired) electrons. The molecule has 0 aliphatic carbocycles. The monoisotopic (exact) mass is 241 g/mol. The lowest BCUT2D eigenvalue weighted by Crippen LogP contribution is -2.00. The smallest absolute Gasteiger partial charge is 0.199 e. The number of aliphatic hydroxyl groups excluding tert-OH is 1. The Labute approximate surface area is 96.1 Å². The minimum Gasteiger partial charge on any atom is -0.388 e. The summed E-state index contributed by atoms with van der Waals surface area (Å²) in [6.07, 6.45) is 0. The topological polar surface area (TPSA) is 53.8 Å². The van der Waals surface area contributed by atoms with E-state index in [-0.39, 0.29) is 6.61 Å². The molecule has 0 aliphatic rings. The van der Waals surface area contributed by atoms with Crippen molar-refractivity contribution in [2.45, 2.75) is 6.61 Å². The van der Waals surface area contributed by atoms with Gasteiger partial charge in [0.15, 0.2) is 10.6 Å². The van der Waals surface area contributed by atoms with Crippen LogP contribution in [0.2, 0.25) is 5.02 Å². The Hall–Kier alpha value is -1.17. The van der Waals surface area contributed by atoms with Gasteiger partial charge < -0.3 is 5.11 Å². The molecule has 15 heavy (non-hydrogen) atoms. The molecule has 0 saturated carbocycles.